The van der Waals surface area contributed by atoms with Crippen LogP contribution in [0, 0.1) is 0 Å². The fourth-order valence-corrected chi connectivity index (χ4v) is 2.36. The molecular formula is C15H23O2P. The summed E-state index contributed by atoms with van der Waals surface area (Å²) in [6, 6.07) is 3.95. The molecule has 18 heavy (non-hydrogen) atoms. The molecule has 1 aromatic carbocycles. The second kappa shape index (κ2) is 5.01. The first-order chi connectivity index (χ1) is 8.11. The number of benzene rings is 1. The lowest BCUT2D eigenvalue weighted by atomic mass is 9.79. The van der Waals surface area contributed by atoms with E-state index in [1.165, 1.54) is 0 Å². The Bertz CT molecular complexity index is 416. The van der Waals surface area contributed by atoms with Crippen LogP contribution in [0.4, 0.5) is 0 Å². The first kappa shape index (κ1) is 15.2. The van der Waals surface area contributed by atoms with Gasteiger partial charge in [0.2, 0.25) is 0 Å². The second-order valence-electron chi connectivity index (χ2n) is 6.67. The average molecular weight is 266 g/mol. The number of hydrogen-bond acceptors (Lipinski definition) is 2. The lowest BCUT2D eigenvalue weighted by Gasteiger charge is -2.29. The summed E-state index contributed by atoms with van der Waals surface area (Å²) in [5.41, 5.74) is 2.14. The van der Waals surface area contributed by atoms with Crippen LogP contribution in [0.5, 0.6) is 5.75 Å². The van der Waals surface area contributed by atoms with Gasteiger partial charge in [0.1, 0.15) is 5.75 Å². The van der Waals surface area contributed by atoms with E-state index < -0.39 is 0 Å². The summed E-state index contributed by atoms with van der Waals surface area (Å²) in [5.74, 6) is 0.919. The molecule has 0 amide bonds. The SMILES string of the molecule is COc1c(C(C)(C)C)cc(P=O)cc1C(C)(C)C. The number of hydrogen-bond donors (Lipinski definition) is 0. The Morgan fingerprint density at radius 1 is 0.944 bits per heavy atom. The fourth-order valence-electron chi connectivity index (χ4n) is 2.00. The van der Waals surface area contributed by atoms with E-state index in [4.69, 9.17) is 4.74 Å². The van der Waals surface area contributed by atoms with Crippen molar-refractivity contribution in [1.82, 2.24) is 0 Å². The van der Waals surface area contributed by atoms with Crippen molar-refractivity contribution in [3.63, 3.8) is 0 Å². The lowest BCUT2D eigenvalue weighted by Crippen LogP contribution is -2.21. The maximum atomic E-state index is 11.2. The van der Waals surface area contributed by atoms with Gasteiger partial charge < -0.3 is 4.74 Å². The van der Waals surface area contributed by atoms with Crippen LogP contribution in [-0.2, 0) is 15.4 Å². The summed E-state index contributed by atoms with van der Waals surface area (Å²) < 4.78 is 16.8. The highest BCUT2D eigenvalue weighted by Crippen LogP contribution is 2.39. The smallest absolute Gasteiger partial charge is 0.192 e. The molecule has 0 heterocycles. The monoisotopic (exact) mass is 266 g/mol. The second-order valence-corrected chi connectivity index (χ2v) is 7.36. The van der Waals surface area contributed by atoms with Gasteiger partial charge in [-0.3, -0.25) is 4.57 Å². The van der Waals surface area contributed by atoms with Gasteiger partial charge >= 0.3 is 0 Å². The molecule has 2 nitrogen and oxygen atoms in total. The third-order valence-corrected chi connectivity index (χ3v) is 3.47. The van der Waals surface area contributed by atoms with Gasteiger partial charge in [0.25, 0.3) is 0 Å². The molecule has 1 rings (SSSR count). The first-order valence-electron chi connectivity index (χ1n) is 6.17. The maximum Gasteiger partial charge on any atom is 0.192 e. The number of methoxy groups -OCH3 is 1. The van der Waals surface area contributed by atoms with E-state index in [2.05, 4.69) is 41.5 Å². The Morgan fingerprint density at radius 2 is 1.33 bits per heavy atom. The number of ether oxygens (including phenoxy) is 1. The summed E-state index contributed by atoms with van der Waals surface area (Å²) in [5, 5.41) is 0.811. The summed E-state index contributed by atoms with van der Waals surface area (Å²) in [4.78, 5) is 0. The van der Waals surface area contributed by atoms with Crippen LogP contribution in [0.1, 0.15) is 52.7 Å². The van der Waals surface area contributed by atoms with E-state index in [0.29, 0.717) is 0 Å². The van der Waals surface area contributed by atoms with Crippen LogP contribution in [0.15, 0.2) is 12.1 Å². The van der Waals surface area contributed by atoms with Crippen LogP contribution < -0.4 is 10.0 Å². The Balaban J connectivity index is 3.66. The van der Waals surface area contributed by atoms with E-state index >= 15 is 0 Å². The van der Waals surface area contributed by atoms with E-state index in [1.807, 2.05) is 12.1 Å². The minimum absolute atomic E-state index is 0.0357. The van der Waals surface area contributed by atoms with Gasteiger partial charge in [-0.2, -0.15) is 0 Å². The van der Waals surface area contributed by atoms with Crippen molar-refractivity contribution >= 4 is 13.8 Å². The molecule has 3 heteroatoms. The van der Waals surface area contributed by atoms with Crippen molar-refractivity contribution in [2.24, 2.45) is 0 Å². The normalized spacial score (nSPS) is 12.8. The van der Waals surface area contributed by atoms with E-state index in [1.54, 1.807) is 7.11 Å². The van der Waals surface area contributed by atoms with Crippen molar-refractivity contribution in [1.29, 1.82) is 0 Å². The van der Waals surface area contributed by atoms with Crippen LogP contribution in [0.2, 0.25) is 0 Å². The van der Waals surface area contributed by atoms with Gasteiger partial charge in [-0.05, 0) is 23.0 Å². The van der Waals surface area contributed by atoms with Crippen LogP contribution in [0.25, 0.3) is 0 Å². The number of rotatable bonds is 2. The summed E-state index contributed by atoms with van der Waals surface area (Å²) in [7, 11) is 1.76. The largest absolute Gasteiger partial charge is 0.496 e. The maximum absolute atomic E-state index is 11.2. The molecule has 0 aliphatic carbocycles. The average Bonchev–Trinajstić information content (AvgIpc) is 2.24. The van der Waals surface area contributed by atoms with Gasteiger partial charge in [-0.1, -0.05) is 41.5 Å². The van der Waals surface area contributed by atoms with E-state index in [9.17, 15) is 4.57 Å². The zero-order chi connectivity index (χ0) is 14.1. The Labute approximate surface area is 112 Å². The molecule has 0 aliphatic rings. The molecule has 0 unspecified atom stereocenters. The Kier molecular flexibility index (Phi) is 4.23. The molecule has 0 aromatic heterocycles. The first-order valence-corrected chi connectivity index (χ1v) is 6.99. The lowest BCUT2D eigenvalue weighted by molar-refractivity contribution is 0.382. The fraction of sp³-hybridized carbons (Fsp3) is 0.600. The van der Waals surface area contributed by atoms with Crippen LogP contribution in [0.3, 0.4) is 0 Å². The predicted molar refractivity (Wildman–Crippen MR) is 77.6 cm³/mol. The van der Waals surface area contributed by atoms with Crippen LogP contribution >= 0.6 is 8.46 Å². The highest BCUT2D eigenvalue weighted by atomic mass is 31.1. The molecule has 1 aromatic rings. The molecule has 0 bridgehead atoms. The molecule has 0 saturated carbocycles. The Morgan fingerprint density at radius 3 is 1.56 bits per heavy atom. The van der Waals surface area contributed by atoms with Crippen molar-refractivity contribution in [3.8, 4) is 5.75 Å². The molecule has 0 atom stereocenters. The van der Waals surface area contributed by atoms with Gasteiger partial charge in [0.15, 0.2) is 8.46 Å². The van der Waals surface area contributed by atoms with Crippen molar-refractivity contribution < 1.29 is 9.30 Å². The Hall–Kier alpha value is -0.880. The standard InChI is InChI=1S/C15H23O2P/c1-14(2,3)11-8-10(18-16)9-12(13(11)17-7)15(4,5)6/h8-9H,1-7H3. The van der Waals surface area contributed by atoms with Crippen LogP contribution in [-0.4, -0.2) is 7.11 Å². The summed E-state index contributed by atoms with van der Waals surface area (Å²) in [6.45, 7) is 12.8. The van der Waals surface area contributed by atoms with Crippen molar-refractivity contribution in [3.05, 3.63) is 23.3 Å². The van der Waals surface area contributed by atoms with Gasteiger partial charge in [-0.15, -0.1) is 0 Å². The summed E-state index contributed by atoms with van der Waals surface area (Å²) in [6.07, 6.45) is 0. The third-order valence-electron chi connectivity index (χ3n) is 3.00. The molecule has 0 spiro atoms. The van der Waals surface area contributed by atoms with E-state index in [-0.39, 0.29) is 19.3 Å². The zero-order valence-corrected chi connectivity index (χ0v) is 13.3. The third kappa shape index (κ3) is 3.11. The van der Waals surface area contributed by atoms with E-state index in [0.717, 1.165) is 22.2 Å². The zero-order valence-electron chi connectivity index (χ0n) is 12.4. The topological polar surface area (TPSA) is 26.3 Å². The van der Waals surface area contributed by atoms with Crippen molar-refractivity contribution in [2.75, 3.05) is 7.11 Å². The highest BCUT2D eigenvalue weighted by molar-refractivity contribution is 7.34. The van der Waals surface area contributed by atoms with Crippen molar-refractivity contribution in [2.45, 2.75) is 52.4 Å². The molecule has 0 saturated heterocycles. The van der Waals surface area contributed by atoms with Gasteiger partial charge in [0.05, 0.1) is 7.11 Å². The molecular weight excluding hydrogens is 243 g/mol. The molecule has 100 valence electrons. The quantitative estimate of drug-likeness (QED) is 0.750. The van der Waals surface area contributed by atoms with Gasteiger partial charge in [-0.25, -0.2) is 0 Å². The van der Waals surface area contributed by atoms with Gasteiger partial charge in [0, 0.05) is 16.4 Å². The minimum Gasteiger partial charge on any atom is -0.496 e. The molecule has 0 N–H and O–H groups in total. The minimum atomic E-state index is -0.0357. The summed E-state index contributed by atoms with van der Waals surface area (Å²) >= 11 is 0. The highest BCUT2D eigenvalue weighted by Gasteiger charge is 2.27. The predicted octanol–water partition coefficient (Wildman–Crippen LogP) is 4.21. The molecule has 0 radical (unpaired) electrons. The molecule has 0 fully saturated rings. The molecule has 0 aliphatic heterocycles.